The lowest BCUT2D eigenvalue weighted by atomic mass is 10.1. The number of nitrogens with zero attached hydrogens (tertiary/aromatic N) is 1. The molecule has 4 nitrogen and oxygen atoms in total. The minimum absolute atomic E-state index is 0.213. The van der Waals surface area contributed by atoms with Crippen LogP contribution in [0, 0.1) is 0 Å². The average Bonchev–Trinajstić information content (AvgIpc) is 2.66. The SMILES string of the molecule is O=c1oc2ccccc2n1C1CCOCC1. The number of para-hydroxylation sites is 2. The number of rotatable bonds is 1. The topological polar surface area (TPSA) is 44.4 Å². The summed E-state index contributed by atoms with van der Waals surface area (Å²) >= 11 is 0. The van der Waals surface area contributed by atoms with Gasteiger partial charge >= 0.3 is 5.76 Å². The summed E-state index contributed by atoms with van der Waals surface area (Å²) in [4.78, 5) is 11.8. The standard InChI is InChI=1S/C12H13NO3/c14-12-13(9-5-7-15-8-6-9)10-3-1-2-4-11(10)16-12/h1-4,9H,5-8H2. The van der Waals surface area contributed by atoms with E-state index in [1.54, 1.807) is 4.57 Å². The van der Waals surface area contributed by atoms with E-state index in [-0.39, 0.29) is 11.8 Å². The maximum Gasteiger partial charge on any atom is 0.420 e. The van der Waals surface area contributed by atoms with Crippen LogP contribution in [-0.4, -0.2) is 17.8 Å². The smallest absolute Gasteiger partial charge is 0.408 e. The Morgan fingerprint density at radius 2 is 1.94 bits per heavy atom. The van der Waals surface area contributed by atoms with Crippen molar-refractivity contribution in [2.45, 2.75) is 18.9 Å². The Balaban J connectivity index is 2.14. The lowest BCUT2D eigenvalue weighted by molar-refractivity contribution is 0.0688. The van der Waals surface area contributed by atoms with Crippen LogP contribution in [0.3, 0.4) is 0 Å². The highest BCUT2D eigenvalue weighted by atomic mass is 16.5. The monoisotopic (exact) mass is 219 g/mol. The van der Waals surface area contributed by atoms with Crippen LogP contribution >= 0.6 is 0 Å². The molecule has 0 spiro atoms. The van der Waals surface area contributed by atoms with Gasteiger partial charge in [-0.3, -0.25) is 4.57 Å². The van der Waals surface area contributed by atoms with Crippen LogP contribution in [0.1, 0.15) is 18.9 Å². The molecule has 1 aliphatic heterocycles. The molecule has 1 aromatic heterocycles. The van der Waals surface area contributed by atoms with Crippen LogP contribution in [0.25, 0.3) is 11.1 Å². The Morgan fingerprint density at radius 3 is 2.75 bits per heavy atom. The number of hydrogen-bond donors (Lipinski definition) is 0. The summed E-state index contributed by atoms with van der Waals surface area (Å²) in [5, 5.41) is 0. The van der Waals surface area contributed by atoms with E-state index in [1.807, 2.05) is 24.3 Å². The highest BCUT2D eigenvalue weighted by Gasteiger charge is 2.20. The van der Waals surface area contributed by atoms with Gasteiger partial charge < -0.3 is 9.15 Å². The van der Waals surface area contributed by atoms with Crippen molar-refractivity contribution in [3.63, 3.8) is 0 Å². The molecule has 0 saturated carbocycles. The molecule has 1 aromatic carbocycles. The van der Waals surface area contributed by atoms with Crippen molar-refractivity contribution in [2.75, 3.05) is 13.2 Å². The number of fused-ring (bicyclic) bond motifs is 1. The highest BCUT2D eigenvalue weighted by molar-refractivity contribution is 5.72. The number of ether oxygens (including phenoxy) is 1. The second-order valence-corrected chi connectivity index (χ2v) is 4.05. The van der Waals surface area contributed by atoms with Crippen LogP contribution in [0.5, 0.6) is 0 Å². The van der Waals surface area contributed by atoms with Gasteiger partial charge in [0.25, 0.3) is 0 Å². The first-order valence-electron chi connectivity index (χ1n) is 5.54. The van der Waals surface area contributed by atoms with Crippen LogP contribution < -0.4 is 5.76 Å². The van der Waals surface area contributed by atoms with E-state index in [0.29, 0.717) is 5.58 Å². The molecule has 0 unspecified atom stereocenters. The fourth-order valence-corrected chi connectivity index (χ4v) is 2.27. The first-order chi connectivity index (χ1) is 7.86. The average molecular weight is 219 g/mol. The zero-order valence-electron chi connectivity index (χ0n) is 8.89. The van der Waals surface area contributed by atoms with Crippen LogP contribution in [-0.2, 0) is 4.74 Å². The summed E-state index contributed by atoms with van der Waals surface area (Å²) in [6.45, 7) is 1.44. The predicted octanol–water partition coefficient (Wildman–Crippen LogP) is 1.95. The summed E-state index contributed by atoms with van der Waals surface area (Å²) in [5.41, 5.74) is 1.55. The third kappa shape index (κ3) is 1.46. The molecule has 1 fully saturated rings. The first-order valence-corrected chi connectivity index (χ1v) is 5.54. The number of benzene rings is 1. The minimum atomic E-state index is -0.256. The Morgan fingerprint density at radius 1 is 1.19 bits per heavy atom. The van der Waals surface area contributed by atoms with Gasteiger partial charge in [0.2, 0.25) is 0 Å². The Labute approximate surface area is 92.4 Å². The fraction of sp³-hybridized carbons (Fsp3) is 0.417. The van der Waals surface area contributed by atoms with Gasteiger partial charge in [-0.05, 0) is 25.0 Å². The quantitative estimate of drug-likeness (QED) is 0.736. The van der Waals surface area contributed by atoms with Gasteiger partial charge in [0.1, 0.15) is 0 Å². The summed E-state index contributed by atoms with van der Waals surface area (Å²) in [5.74, 6) is -0.256. The van der Waals surface area contributed by atoms with Crippen molar-refractivity contribution < 1.29 is 9.15 Å². The molecular weight excluding hydrogens is 206 g/mol. The molecule has 0 amide bonds. The molecular formula is C12H13NO3. The molecule has 16 heavy (non-hydrogen) atoms. The van der Waals surface area contributed by atoms with E-state index in [2.05, 4.69) is 0 Å². The zero-order chi connectivity index (χ0) is 11.0. The molecule has 2 heterocycles. The van der Waals surface area contributed by atoms with E-state index < -0.39 is 0 Å². The first kappa shape index (κ1) is 9.66. The molecule has 0 radical (unpaired) electrons. The van der Waals surface area contributed by atoms with Gasteiger partial charge in [0.15, 0.2) is 5.58 Å². The largest absolute Gasteiger partial charge is 0.420 e. The molecule has 3 rings (SSSR count). The van der Waals surface area contributed by atoms with E-state index in [0.717, 1.165) is 31.6 Å². The molecule has 84 valence electrons. The molecule has 1 saturated heterocycles. The molecule has 2 aromatic rings. The molecule has 0 bridgehead atoms. The van der Waals surface area contributed by atoms with Gasteiger partial charge in [-0.1, -0.05) is 12.1 Å². The normalized spacial score (nSPS) is 18.0. The Kier molecular flexibility index (Phi) is 2.29. The summed E-state index contributed by atoms with van der Waals surface area (Å²) in [6.07, 6.45) is 1.76. The lowest BCUT2D eigenvalue weighted by Crippen LogP contribution is -2.26. The van der Waals surface area contributed by atoms with E-state index in [9.17, 15) is 4.79 Å². The van der Waals surface area contributed by atoms with Gasteiger partial charge in [0.05, 0.1) is 5.52 Å². The third-order valence-electron chi connectivity index (χ3n) is 3.07. The van der Waals surface area contributed by atoms with Gasteiger partial charge in [-0.25, -0.2) is 4.79 Å². The summed E-state index contributed by atoms with van der Waals surface area (Å²) < 4.78 is 12.3. The minimum Gasteiger partial charge on any atom is -0.408 e. The van der Waals surface area contributed by atoms with Crippen molar-refractivity contribution in [3.05, 3.63) is 34.8 Å². The van der Waals surface area contributed by atoms with Gasteiger partial charge in [0, 0.05) is 19.3 Å². The fourth-order valence-electron chi connectivity index (χ4n) is 2.27. The molecule has 0 N–H and O–H groups in total. The van der Waals surface area contributed by atoms with Crippen molar-refractivity contribution in [1.82, 2.24) is 4.57 Å². The third-order valence-corrected chi connectivity index (χ3v) is 3.07. The van der Waals surface area contributed by atoms with Gasteiger partial charge in [-0.15, -0.1) is 0 Å². The summed E-state index contributed by atoms with van der Waals surface area (Å²) in [7, 11) is 0. The van der Waals surface area contributed by atoms with Crippen LogP contribution in [0.4, 0.5) is 0 Å². The van der Waals surface area contributed by atoms with E-state index in [4.69, 9.17) is 9.15 Å². The predicted molar refractivity (Wildman–Crippen MR) is 59.6 cm³/mol. The van der Waals surface area contributed by atoms with E-state index in [1.165, 1.54) is 0 Å². The van der Waals surface area contributed by atoms with E-state index >= 15 is 0 Å². The molecule has 1 aliphatic rings. The molecule has 0 atom stereocenters. The second kappa shape index (κ2) is 3.79. The van der Waals surface area contributed by atoms with Crippen LogP contribution in [0.2, 0.25) is 0 Å². The van der Waals surface area contributed by atoms with Crippen molar-refractivity contribution >= 4 is 11.1 Å². The van der Waals surface area contributed by atoms with Crippen molar-refractivity contribution in [1.29, 1.82) is 0 Å². The molecule has 4 heteroatoms. The summed E-state index contributed by atoms with van der Waals surface area (Å²) in [6, 6.07) is 7.76. The zero-order valence-corrected chi connectivity index (χ0v) is 8.89. The maximum absolute atomic E-state index is 11.8. The Hall–Kier alpha value is -1.55. The number of aromatic nitrogens is 1. The Bertz CT molecular complexity index is 549. The number of oxazole rings is 1. The highest BCUT2D eigenvalue weighted by Crippen LogP contribution is 2.24. The van der Waals surface area contributed by atoms with Crippen molar-refractivity contribution in [3.8, 4) is 0 Å². The lowest BCUT2D eigenvalue weighted by Gasteiger charge is -2.22. The van der Waals surface area contributed by atoms with Crippen LogP contribution in [0.15, 0.2) is 33.5 Å². The molecule has 0 aliphatic carbocycles. The van der Waals surface area contributed by atoms with Crippen molar-refractivity contribution in [2.24, 2.45) is 0 Å². The number of hydrogen-bond acceptors (Lipinski definition) is 3. The van der Waals surface area contributed by atoms with Gasteiger partial charge in [-0.2, -0.15) is 0 Å². The second-order valence-electron chi connectivity index (χ2n) is 4.05. The maximum atomic E-state index is 11.8.